The van der Waals surface area contributed by atoms with Gasteiger partial charge in [-0.3, -0.25) is 0 Å². The summed E-state index contributed by atoms with van der Waals surface area (Å²) in [4.78, 5) is 4.60. The Morgan fingerprint density at radius 2 is 1.88 bits per heavy atom. The first-order valence-corrected chi connectivity index (χ1v) is 6.21. The molecule has 1 aromatic carbocycles. The van der Waals surface area contributed by atoms with E-state index in [9.17, 15) is 0 Å². The molecule has 86 valence electrons. The molecule has 3 rings (SSSR count). The smallest absolute Gasteiger partial charge is 0.106 e. The first kappa shape index (κ1) is 11.2. The van der Waals surface area contributed by atoms with Crippen molar-refractivity contribution in [3.05, 3.63) is 29.6 Å². The van der Waals surface area contributed by atoms with Gasteiger partial charge < -0.3 is 4.57 Å². The van der Waals surface area contributed by atoms with Crippen LogP contribution in [0.15, 0.2) is 18.2 Å². The third kappa shape index (κ3) is 1.84. The van der Waals surface area contributed by atoms with Gasteiger partial charge >= 0.3 is 0 Å². The first-order valence-electron chi connectivity index (χ1n) is 6.21. The zero-order valence-electron chi connectivity index (χ0n) is 10.6. The maximum Gasteiger partial charge on any atom is 0.106 e. The van der Waals surface area contributed by atoms with Gasteiger partial charge in [-0.2, -0.15) is 0 Å². The molecular weight excluding hydrogens is 196 g/mol. The van der Waals surface area contributed by atoms with Gasteiger partial charge in [-0.05, 0) is 44.4 Å². The van der Waals surface area contributed by atoms with E-state index in [1.807, 2.05) is 13.8 Å². The molecule has 16 heavy (non-hydrogen) atoms. The highest BCUT2D eigenvalue weighted by Crippen LogP contribution is 2.38. The predicted molar refractivity (Wildman–Crippen MR) is 68.8 cm³/mol. The van der Waals surface area contributed by atoms with E-state index in [2.05, 4.69) is 41.6 Å². The second kappa shape index (κ2) is 4.28. The van der Waals surface area contributed by atoms with Crippen molar-refractivity contribution in [1.29, 1.82) is 0 Å². The number of aryl methyl sites for hydroxylation is 2. The van der Waals surface area contributed by atoms with Crippen LogP contribution < -0.4 is 0 Å². The summed E-state index contributed by atoms with van der Waals surface area (Å²) in [5, 5.41) is 0. The fourth-order valence-corrected chi connectivity index (χ4v) is 2.12. The highest BCUT2D eigenvalue weighted by molar-refractivity contribution is 5.77. The topological polar surface area (TPSA) is 17.8 Å². The fraction of sp³-hybridized carbons (Fsp3) is 0.500. The molecule has 2 nitrogen and oxygen atoms in total. The number of hydrogen-bond donors (Lipinski definition) is 0. The number of fused-ring (bicyclic) bond motifs is 1. The van der Waals surface area contributed by atoms with Gasteiger partial charge in [0.25, 0.3) is 0 Å². The molecule has 1 heterocycles. The van der Waals surface area contributed by atoms with Crippen LogP contribution in [0.1, 0.15) is 44.1 Å². The molecule has 1 saturated carbocycles. The van der Waals surface area contributed by atoms with Crippen LogP contribution in [0.4, 0.5) is 0 Å². The summed E-state index contributed by atoms with van der Waals surface area (Å²) in [6.07, 6.45) is 2.64. The number of rotatable bonds is 1. The lowest BCUT2D eigenvalue weighted by molar-refractivity contribution is 0.734. The van der Waals surface area contributed by atoms with E-state index in [0.717, 1.165) is 17.4 Å². The van der Waals surface area contributed by atoms with Gasteiger partial charge in [0.1, 0.15) is 5.82 Å². The highest BCUT2D eigenvalue weighted by atomic mass is 15.1. The third-order valence-corrected chi connectivity index (χ3v) is 2.93. The first-order chi connectivity index (χ1) is 7.75. The molecule has 0 atom stereocenters. The van der Waals surface area contributed by atoms with Gasteiger partial charge in [-0.25, -0.2) is 4.98 Å². The Morgan fingerprint density at radius 3 is 2.50 bits per heavy atom. The molecule has 1 fully saturated rings. The normalized spacial score (nSPS) is 14.8. The lowest BCUT2D eigenvalue weighted by atomic mass is 10.2. The van der Waals surface area contributed by atoms with Crippen LogP contribution in [0, 0.1) is 13.8 Å². The third-order valence-electron chi connectivity index (χ3n) is 2.93. The van der Waals surface area contributed by atoms with Crippen LogP contribution in [0.25, 0.3) is 11.0 Å². The van der Waals surface area contributed by atoms with Gasteiger partial charge in [-0.15, -0.1) is 0 Å². The Kier molecular flexibility index (Phi) is 2.99. The summed E-state index contributed by atoms with van der Waals surface area (Å²) in [5.41, 5.74) is 3.74. The fourth-order valence-electron chi connectivity index (χ4n) is 2.12. The molecule has 0 amide bonds. The maximum atomic E-state index is 4.60. The van der Waals surface area contributed by atoms with Crippen LogP contribution in [0.5, 0.6) is 0 Å². The van der Waals surface area contributed by atoms with Crippen LogP contribution in [-0.4, -0.2) is 9.55 Å². The number of nitrogens with zero attached hydrogens (tertiary/aromatic N) is 2. The van der Waals surface area contributed by atoms with Crippen molar-refractivity contribution in [2.45, 2.75) is 46.6 Å². The molecule has 1 aliphatic carbocycles. The summed E-state index contributed by atoms with van der Waals surface area (Å²) < 4.78 is 2.38. The molecule has 0 bridgehead atoms. The number of hydrogen-bond acceptors (Lipinski definition) is 1. The van der Waals surface area contributed by atoms with E-state index >= 15 is 0 Å². The zero-order chi connectivity index (χ0) is 11.7. The summed E-state index contributed by atoms with van der Waals surface area (Å²) in [7, 11) is 0. The van der Waals surface area contributed by atoms with E-state index in [1.54, 1.807) is 0 Å². The van der Waals surface area contributed by atoms with E-state index in [-0.39, 0.29) is 0 Å². The minimum Gasteiger partial charge on any atom is -0.325 e. The average Bonchev–Trinajstić information content (AvgIpc) is 3.05. The van der Waals surface area contributed by atoms with Crippen LogP contribution in [-0.2, 0) is 0 Å². The van der Waals surface area contributed by atoms with Crippen LogP contribution >= 0.6 is 0 Å². The van der Waals surface area contributed by atoms with Crippen LogP contribution in [0.2, 0.25) is 0 Å². The van der Waals surface area contributed by atoms with Crippen LogP contribution in [0.3, 0.4) is 0 Å². The number of aromatic nitrogens is 2. The Hall–Kier alpha value is -1.31. The SMILES string of the molecule is CC.Cc1ccc2c(c1)nc(C)n2C1CC1. The predicted octanol–water partition coefficient (Wildman–Crippen LogP) is 4.01. The molecule has 0 unspecified atom stereocenters. The molecule has 0 radical (unpaired) electrons. The van der Waals surface area contributed by atoms with Gasteiger partial charge in [0.2, 0.25) is 0 Å². The van der Waals surface area contributed by atoms with Crippen molar-refractivity contribution in [2.24, 2.45) is 0 Å². The monoisotopic (exact) mass is 216 g/mol. The molecule has 0 N–H and O–H groups in total. The van der Waals surface area contributed by atoms with Gasteiger partial charge in [0.15, 0.2) is 0 Å². The Morgan fingerprint density at radius 1 is 1.19 bits per heavy atom. The van der Waals surface area contributed by atoms with Crippen molar-refractivity contribution in [2.75, 3.05) is 0 Å². The number of imidazole rings is 1. The Balaban J connectivity index is 0.000000457. The van der Waals surface area contributed by atoms with Crippen molar-refractivity contribution < 1.29 is 0 Å². The average molecular weight is 216 g/mol. The standard InChI is InChI=1S/C12H14N2.C2H6/c1-8-3-6-12-11(7-8)13-9(2)14(12)10-4-5-10;1-2/h3,6-7,10H,4-5H2,1-2H3;1-2H3. The molecular formula is C14H20N2. The van der Waals surface area contributed by atoms with Crippen molar-refractivity contribution in [3.63, 3.8) is 0 Å². The molecule has 1 aromatic heterocycles. The largest absolute Gasteiger partial charge is 0.325 e. The minimum atomic E-state index is 0.725. The Bertz CT molecular complexity index is 493. The summed E-state index contributed by atoms with van der Waals surface area (Å²) in [5.74, 6) is 1.16. The summed E-state index contributed by atoms with van der Waals surface area (Å²) in [6, 6.07) is 7.26. The lowest BCUT2D eigenvalue weighted by Gasteiger charge is -2.03. The van der Waals surface area contributed by atoms with Crippen molar-refractivity contribution in [3.8, 4) is 0 Å². The second-order valence-electron chi connectivity index (χ2n) is 4.25. The van der Waals surface area contributed by atoms with E-state index in [1.165, 1.54) is 23.9 Å². The van der Waals surface area contributed by atoms with Gasteiger partial charge in [0, 0.05) is 6.04 Å². The minimum absolute atomic E-state index is 0.725. The lowest BCUT2D eigenvalue weighted by Crippen LogP contribution is -1.95. The van der Waals surface area contributed by atoms with E-state index < -0.39 is 0 Å². The van der Waals surface area contributed by atoms with E-state index in [0.29, 0.717) is 0 Å². The second-order valence-corrected chi connectivity index (χ2v) is 4.25. The molecule has 2 aromatic rings. The summed E-state index contributed by atoms with van der Waals surface area (Å²) in [6.45, 7) is 8.22. The Labute approximate surface area is 97.3 Å². The number of benzene rings is 1. The molecule has 0 spiro atoms. The molecule has 1 aliphatic rings. The summed E-state index contributed by atoms with van der Waals surface area (Å²) >= 11 is 0. The van der Waals surface area contributed by atoms with Gasteiger partial charge in [-0.1, -0.05) is 19.9 Å². The van der Waals surface area contributed by atoms with Crippen molar-refractivity contribution >= 4 is 11.0 Å². The van der Waals surface area contributed by atoms with Gasteiger partial charge in [0.05, 0.1) is 11.0 Å². The quantitative estimate of drug-likeness (QED) is 0.704. The maximum absolute atomic E-state index is 4.60. The van der Waals surface area contributed by atoms with Crippen molar-refractivity contribution in [1.82, 2.24) is 9.55 Å². The molecule has 0 saturated heterocycles. The highest BCUT2D eigenvalue weighted by Gasteiger charge is 2.26. The zero-order valence-corrected chi connectivity index (χ0v) is 10.6. The van der Waals surface area contributed by atoms with E-state index in [4.69, 9.17) is 0 Å². The molecule has 2 heteroatoms. The molecule has 0 aliphatic heterocycles.